The van der Waals surface area contributed by atoms with Gasteiger partial charge in [-0.05, 0) is 42.2 Å². The molecular weight excluding hydrogens is 316 g/mol. The zero-order valence-corrected chi connectivity index (χ0v) is 13.5. The van der Waals surface area contributed by atoms with Gasteiger partial charge in [-0.15, -0.1) is 0 Å². The lowest BCUT2D eigenvalue weighted by atomic mass is 9.93. The molecule has 0 spiro atoms. The molecule has 2 aromatic carbocycles. The molecule has 5 heteroatoms. The van der Waals surface area contributed by atoms with Crippen molar-refractivity contribution in [2.75, 3.05) is 0 Å². The normalized spacial score (nSPS) is 20.0. The van der Waals surface area contributed by atoms with Gasteiger partial charge in [-0.3, -0.25) is 4.79 Å². The molecule has 0 saturated heterocycles. The van der Waals surface area contributed by atoms with Crippen molar-refractivity contribution < 1.29 is 14.3 Å². The maximum Gasteiger partial charge on any atom is 0.339 e. The molecule has 4 rings (SSSR count). The highest BCUT2D eigenvalue weighted by atomic mass is 16.5. The summed E-state index contributed by atoms with van der Waals surface area (Å²) in [5.74, 6) is -0.658. The number of hydrogen-bond donors (Lipinski definition) is 1. The molecule has 0 bridgehead atoms. The fraction of sp³-hybridized carbons (Fsp3) is 0.250. The topological polar surface area (TPSA) is 79.2 Å². The van der Waals surface area contributed by atoms with E-state index in [1.807, 2.05) is 30.3 Å². The Labute approximate surface area is 145 Å². The first kappa shape index (κ1) is 15.4. The smallest absolute Gasteiger partial charge is 0.339 e. The summed E-state index contributed by atoms with van der Waals surface area (Å²) in [6.07, 6.45) is 1.54. The lowest BCUT2D eigenvalue weighted by Gasteiger charge is -2.25. The molecule has 0 radical (unpaired) electrons. The maximum absolute atomic E-state index is 12.4. The number of nitrogens with one attached hydrogen (secondary N) is 1. The Bertz CT molecular complexity index is 895. The molecule has 1 heterocycles. The van der Waals surface area contributed by atoms with Gasteiger partial charge in [-0.2, -0.15) is 5.26 Å². The number of nitrogens with zero attached hydrogens (tertiary/aromatic N) is 1. The van der Waals surface area contributed by atoms with Crippen LogP contribution in [0.15, 0.2) is 48.5 Å². The Balaban J connectivity index is 1.60. The molecule has 2 aromatic rings. The summed E-state index contributed by atoms with van der Waals surface area (Å²) in [5, 5.41) is 11.9. The number of rotatable bonds is 3. The Kier molecular flexibility index (Phi) is 3.54. The zero-order valence-electron chi connectivity index (χ0n) is 13.5. The molecule has 0 aromatic heterocycles. The average Bonchev–Trinajstić information content (AvgIpc) is 3.42. The Morgan fingerprint density at radius 2 is 1.96 bits per heavy atom. The number of fused-ring (bicyclic) bond motifs is 1. The molecular formula is C20H16N2O3. The number of amides is 1. The van der Waals surface area contributed by atoms with Crippen LogP contribution in [0.1, 0.15) is 50.8 Å². The zero-order chi connectivity index (χ0) is 17.4. The first-order chi connectivity index (χ1) is 12.1. The van der Waals surface area contributed by atoms with E-state index in [0.717, 1.165) is 11.1 Å². The Morgan fingerprint density at radius 1 is 1.20 bits per heavy atom. The van der Waals surface area contributed by atoms with Crippen LogP contribution in [0.3, 0.4) is 0 Å². The molecule has 5 nitrogen and oxygen atoms in total. The largest absolute Gasteiger partial charge is 0.454 e. The second-order valence-corrected chi connectivity index (χ2v) is 6.53. The first-order valence-corrected chi connectivity index (χ1v) is 8.23. The van der Waals surface area contributed by atoms with Crippen LogP contribution in [0.4, 0.5) is 0 Å². The number of hydrogen-bond acceptors (Lipinski definition) is 4. The summed E-state index contributed by atoms with van der Waals surface area (Å²) >= 11 is 0. The summed E-state index contributed by atoms with van der Waals surface area (Å²) in [4.78, 5) is 24.7. The van der Waals surface area contributed by atoms with Crippen LogP contribution >= 0.6 is 0 Å². The molecule has 1 atom stereocenters. The number of carbonyl (C=O) groups excluding carboxylic acids is 2. The lowest BCUT2D eigenvalue weighted by Crippen LogP contribution is -2.35. The van der Waals surface area contributed by atoms with Crippen LogP contribution in [0.25, 0.3) is 0 Å². The summed E-state index contributed by atoms with van der Waals surface area (Å²) in [6, 6.07) is 16.7. The van der Waals surface area contributed by atoms with E-state index in [-0.39, 0.29) is 18.0 Å². The molecule has 1 aliphatic heterocycles. The van der Waals surface area contributed by atoms with Crippen LogP contribution in [-0.2, 0) is 11.2 Å². The number of ether oxygens (including phenoxy) is 1. The van der Waals surface area contributed by atoms with Gasteiger partial charge in [0, 0.05) is 12.0 Å². The molecule has 1 fully saturated rings. The van der Waals surface area contributed by atoms with Crippen molar-refractivity contribution in [3.05, 3.63) is 70.8 Å². The number of esters is 1. The van der Waals surface area contributed by atoms with E-state index in [1.165, 1.54) is 0 Å². The van der Waals surface area contributed by atoms with Crippen molar-refractivity contribution in [1.29, 1.82) is 5.26 Å². The minimum atomic E-state index is -0.710. The monoisotopic (exact) mass is 332 g/mol. The lowest BCUT2D eigenvalue weighted by molar-refractivity contribution is 0.0252. The second-order valence-electron chi connectivity index (χ2n) is 6.53. The van der Waals surface area contributed by atoms with Gasteiger partial charge in [-0.25, -0.2) is 4.79 Å². The molecule has 1 amide bonds. The summed E-state index contributed by atoms with van der Waals surface area (Å²) in [6.45, 7) is 0. The molecule has 1 saturated carbocycles. The number of cyclic esters (lactones) is 1. The van der Waals surface area contributed by atoms with Gasteiger partial charge in [-0.1, -0.05) is 30.3 Å². The van der Waals surface area contributed by atoms with Crippen LogP contribution in [-0.4, -0.2) is 17.4 Å². The number of carbonyl (C=O) groups is 2. The minimum absolute atomic E-state index is 0.281. The van der Waals surface area contributed by atoms with Gasteiger partial charge < -0.3 is 10.1 Å². The maximum atomic E-state index is 12.4. The third kappa shape index (κ3) is 2.87. The quantitative estimate of drug-likeness (QED) is 0.877. The minimum Gasteiger partial charge on any atom is -0.454 e. The number of nitriles is 1. The number of benzene rings is 2. The van der Waals surface area contributed by atoms with E-state index in [2.05, 4.69) is 11.4 Å². The SMILES string of the molecule is N#CC1(NC(=O)c2ccc3c(c2)C[C@@H](c2ccccc2)OC3=O)CC1. The van der Waals surface area contributed by atoms with Crippen LogP contribution in [0, 0.1) is 11.3 Å². The van der Waals surface area contributed by atoms with Gasteiger partial charge in [0.15, 0.2) is 0 Å². The van der Waals surface area contributed by atoms with Crippen molar-refractivity contribution in [2.45, 2.75) is 30.9 Å². The molecule has 1 N–H and O–H groups in total. The summed E-state index contributed by atoms with van der Waals surface area (Å²) in [7, 11) is 0. The van der Waals surface area contributed by atoms with Crippen LogP contribution < -0.4 is 5.32 Å². The molecule has 2 aliphatic rings. The first-order valence-electron chi connectivity index (χ1n) is 8.23. The van der Waals surface area contributed by atoms with E-state index < -0.39 is 5.54 Å². The second kappa shape index (κ2) is 5.75. The van der Waals surface area contributed by atoms with E-state index >= 15 is 0 Å². The highest BCUT2D eigenvalue weighted by Crippen LogP contribution is 2.35. The fourth-order valence-corrected chi connectivity index (χ4v) is 3.07. The highest BCUT2D eigenvalue weighted by Gasteiger charge is 2.44. The van der Waals surface area contributed by atoms with Crippen LogP contribution in [0.5, 0.6) is 0 Å². The predicted octanol–water partition coefficient (Wildman–Crippen LogP) is 2.93. The third-order valence-electron chi connectivity index (χ3n) is 4.73. The third-order valence-corrected chi connectivity index (χ3v) is 4.73. The molecule has 1 aliphatic carbocycles. The average molecular weight is 332 g/mol. The standard InChI is InChI=1S/C20H16N2O3/c21-12-20(8-9-20)22-18(23)14-6-7-16-15(10-14)11-17(25-19(16)24)13-4-2-1-3-5-13/h1-7,10,17H,8-9,11H2,(H,22,23)/t17-/m0/s1. The van der Waals surface area contributed by atoms with Crippen molar-refractivity contribution >= 4 is 11.9 Å². The van der Waals surface area contributed by atoms with Crippen molar-refractivity contribution in [3.63, 3.8) is 0 Å². The van der Waals surface area contributed by atoms with Crippen molar-refractivity contribution in [1.82, 2.24) is 5.32 Å². The van der Waals surface area contributed by atoms with Crippen LogP contribution in [0.2, 0.25) is 0 Å². The van der Waals surface area contributed by atoms with Gasteiger partial charge in [0.1, 0.15) is 11.6 Å². The molecule has 0 unspecified atom stereocenters. The van der Waals surface area contributed by atoms with Gasteiger partial charge in [0.25, 0.3) is 5.91 Å². The van der Waals surface area contributed by atoms with E-state index in [4.69, 9.17) is 10.00 Å². The van der Waals surface area contributed by atoms with Gasteiger partial charge in [0.05, 0.1) is 11.6 Å². The van der Waals surface area contributed by atoms with Crippen molar-refractivity contribution in [2.24, 2.45) is 0 Å². The van der Waals surface area contributed by atoms with E-state index in [9.17, 15) is 9.59 Å². The molecule has 124 valence electrons. The van der Waals surface area contributed by atoms with E-state index in [1.54, 1.807) is 18.2 Å². The van der Waals surface area contributed by atoms with Gasteiger partial charge >= 0.3 is 5.97 Å². The summed E-state index contributed by atoms with van der Waals surface area (Å²) < 4.78 is 5.52. The predicted molar refractivity (Wildman–Crippen MR) is 89.8 cm³/mol. The fourth-order valence-electron chi connectivity index (χ4n) is 3.07. The van der Waals surface area contributed by atoms with E-state index in [0.29, 0.717) is 30.4 Å². The van der Waals surface area contributed by atoms with Gasteiger partial charge in [0.2, 0.25) is 0 Å². The summed E-state index contributed by atoms with van der Waals surface area (Å²) in [5.41, 5.74) is 1.96. The Morgan fingerprint density at radius 3 is 2.64 bits per heavy atom. The molecule has 25 heavy (non-hydrogen) atoms. The highest BCUT2D eigenvalue weighted by molar-refractivity contribution is 5.98. The Hall–Kier alpha value is -3.13. The van der Waals surface area contributed by atoms with Crippen molar-refractivity contribution in [3.8, 4) is 6.07 Å².